The van der Waals surface area contributed by atoms with Crippen molar-refractivity contribution in [2.75, 3.05) is 5.32 Å². The molecule has 0 aromatic heterocycles. The molecule has 4 nitrogen and oxygen atoms in total. The van der Waals surface area contributed by atoms with Crippen LogP contribution >= 0.6 is 34.2 Å². The monoisotopic (exact) mass is 389 g/mol. The van der Waals surface area contributed by atoms with Crippen LogP contribution in [-0.4, -0.2) is 16.1 Å². The van der Waals surface area contributed by atoms with E-state index in [1.54, 1.807) is 18.2 Å². The zero-order chi connectivity index (χ0) is 14.0. The van der Waals surface area contributed by atoms with Crippen LogP contribution in [0.4, 0.5) is 5.69 Å². The molecule has 0 atom stereocenters. The molecule has 3 N–H and O–H groups in total. The fraction of sp³-hybridized carbons (Fsp3) is 0. The fourth-order valence-electron chi connectivity index (χ4n) is 1.54. The Morgan fingerprint density at radius 3 is 2.37 bits per heavy atom. The van der Waals surface area contributed by atoms with Crippen LogP contribution in [0.5, 0.6) is 11.5 Å². The van der Waals surface area contributed by atoms with Crippen molar-refractivity contribution in [3.63, 3.8) is 0 Å². The van der Waals surface area contributed by atoms with Gasteiger partial charge in [0, 0.05) is 8.59 Å². The van der Waals surface area contributed by atoms with Gasteiger partial charge in [0.05, 0.1) is 5.69 Å². The van der Waals surface area contributed by atoms with E-state index >= 15 is 0 Å². The summed E-state index contributed by atoms with van der Waals surface area (Å²) in [4.78, 5) is 12.0. The maximum atomic E-state index is 12.0. The first-order valence-corrected chi connectivity index (χ1v) is 6.72. The summed E-state index contributed by atoms with van der Waals surface area (Å²) < 4.78 is 0.758. The minimum atomic E-state index is -0.587. The van der Waals surface area contributed by atoms with Gasteiger partial charge in [-0.1, -0.05) is 17.7 Å². The summed E-state index contributed by atoms with van der Waals surface area (Å²) in [6.07, 6.45) is 0. The van der Waals surface area contributed by atoms with E-state index in [2.05, 4.69) is 5.32 Å². The third-order valence-electron chi connectivity index (χ3n) is 2.43. The number of benzene rings is 2. The van der Waals surface area contributed by atoms with Crippen LogP contribution in [0.25, 0.3) is 0 Å². The molecule has 6 heteroatoms. The Bertz CT molecular complexity index is 626. The van der Waals surface area contributed by atoms with Crippen molar-refractivity contribution < 1.29 is 15.0 Å². The molecule has 2 aromatic carbocycles. The van der Waals surface area contributed by atoms with E-state index in [1.807, 2.05) is 22.6 Å². The molecule has 0 bridgehead atoms. The molecule has 0 unspecified atom stereocenters. The molecule has 98 valence electrons. The van der Waals surface area contributed by atoms with Gasteiger partial charge in [0.15, 0.2) is 0 Å². The third-order valence-corrected chi connectivity index (χ3v) is 3.55. The van der Waals surface area contributed by atoms with E-state index in [0.29, 0.717) is 10.7 Å². The number of hydrogen-bond acceptors (Lipinski definition) is 3. The maximum Gasteiger partial charge on any atom is 0.263 e. The molecular weight excluding hydrogens is 381 g/mol. The van der Waals surface area contributed by atoms with Crippen LogP contribution in [0.2, 0.25) is 5.02 Å². The lowest BCUT2D eigenvalue weighted by molar-refractivity contribution is 0.102. The molecule has 0 radical (unpaired) electrons. The van der Waals surface area contributed by atoms with E-state index in [0.717, 1.165) is 3.57 Å². The second-order valence-corrected chi connectivity index (χ2v) is 5.35. The van der Waals surface area contributed by atoms with Crippen molar-refractivity contribution in [1.29, 1.82) is 0 Å². The SMILES string of the molecule is O=C(Nc1ccc(Cl)cc1I)c1c(O)cccc1O. The number of hydrogen-bond donors (Lipinski definition) is 3. The van der Waals surface area contributed by atoms with Crippen molar-refractivity contribution in [2.45, 2.75) is 0 Å². The van der Waals surface area contributed by atoms with Crippen molar-refractivity contribution >= 4 is 45.8 Å². The summed E-state index contributed by atoms with van der Waals surface area (Å²) in [5, 5.41) is 22.4. The smallest absolute Gasteiger partial charge is 0.263 e. The van der Waals surface area contributed by atoms with Gasteiger partial charge in [0.2, 0.25) is 0 Å². The molecule has 19 heavy (non-hydrogen) atoms. The fourth-order valence-corrected chi connectivity index (χ4v) is 2.54. The van der Waals surface area contributed by atoms with E-state index < -0.39 is 5.91 Å². The number of carbonyl (C=O) groups is 1. The standard InChI is InChI=1S/C13H9ClINO3/c14-7-4-5-9(8(15)6-7)16-13(19)12-10(17)2-1-3-11(12)18/h1-6,17-18H,(H,16,19). The molecule has 1 amide bonds. The number of aromatic hydroxyl groups is 2. The van der Waals surface area contributed by atoms with E-state index in [-0.39, 0.29) is 17.1 Å². The first kappa shape index (κ1) is 14.0. The summed E-state index contributed by atoms with van der Waals surface area (Å²) in [5.41, 5.74) is 0.394. The van der Waals surface area contributed by atoms with Gasteiger partial charge in [-0.05, 0) is 52.9 Å². The van der Waals surface area contributed by atoms with Gasteiger partial charge in [-0.3, -0.25) is 4.79 Å². The first-order valence-electron chi connectivity index (χ1n) is 5.26. The van der Waals surface area contributed by atoms with Crippen LogP contribution in [0.3, 0.4) is 0 Å². The molecular formula is C13H9ClINO3. The molecule has 2 rings (SSSR count). The van der Waals surface area contributed by atoms with Crippen molar-refractivity contribution in [1.82, 2.24) is 0 Å². The highest BCUT2D eigenvalue weighted by Gasteiger charge is 2.16. The van der Waals surface area contributed by atoms with Gasteiger partial charge in [-0.25, -0.2) is 0 Å². The van der Waals surface area contributed by atoms with Gasteiger partial charge >= 0.3 is 0 Å². The van der Waals surface area contributed by atoms with Crippen LogP contribution in [0.15, 0.2) is 36.4 Å². The second-order valence-electron chi connectivity index (χ2n) is 3.75. The molecule has 0 spiro atoms. The van der Waals surface area contributed by atoms with Crippen molar-refractivity contribution in [3.8, 4) is 11.5 Å². The molecule has 2 aromatic rings. The third kappa shape index (κ3) is 3.10. The maximum absolute atomic E-state index is 12.0. The minimum absolute atomic E-state index is 0.159. The zero-order valence-corrected chi connectivity index (χ0v) is 12.4. The molecule has 0 saturated carbocycles. The summed E-state index contributed by atoms with van der Waals surface area (Å²) in [5.74, 6) is -1.14. The lowest BCUT2D eigenvalue weighted by Gasteiger charge is -2.10. The van der Waals surface area contributed by atoms with Crippen LogP contribution < -0.4 is 5.32 Å². The van der Waals surface area contributed by atoms with Gasteiger partial charge < -0.3 is 15.5 Å². The summed E-state index contributed by atoms with van der Waals surface area (Å²) >= 11 is 7.86. The van der Waals surface area contributed by atoms with E-state index in [4.69, 9.17) is 11.6 Å². The van der Waals surface area contributed by atoms with Crippen molar-refractivity contribution in [2.24, 2.45) is 0 Å². The summed E-state index contributed by atoms with van der Waals surface area (Å²) in [6, 6.07) is 9.11. The van der Waals surface area contributed by atoms with Gasteiger partial charge in [0.1, 0.15) is 17.1 Å². The minimum Gasteiger partial charge on any atom is -0.507 e. The van der Waals surface area contributed by atoms with Crippen molar-refractivity contribution in [3.05, 3.63) is 50.6 Å². The number of phenolic OH excluding ortho intramolecular Hbond substituents is 2. The number of nitrogens with one attached hydrogen (secondary N) is 1. The Morgan fingerprint density at radius 1 is 1.16 bits per heavy atom. The predicted octanol–water partition coefficient (Wildman–Crippen LogP) is 3.61. The van der Waals surface area contributed by atoms with Gasteiger partial charge in [-0.2, -0.15) is 0 Å². The number of amides is 1. The van der Waals surface area contributed by atoms with E-state index in [1.165, 1.54) is 18.2 Å². The number of rotatable bonds is 2. The lowest BCUT2D eigenvalue weighted by atomic mass is 10.1. The Labute approximate surface area is 128 Å². The molecule has 0 aliphatic rings. The molecule has 0 saturated heterocycles. The molecule has 0 fully saturated rings. The lowest BCUT2D eigenvalue weighted by Crippen LogP contribution is -2.13. The normalized spacial score (nSPS) is 10.2. The van der Waals surface area contributed by atoms with Crippen LogP contribution in [0.1, 0.15) is 10.4 Å². The Balaban J connectivity index is 2.31. The number of anilines is 1. The number of carbonyl (C=O) groups excluding carboxylic acids is 1. The number of halogens is 2. The highest BCUT2D eigenvalue weighted by atomic mass is 127. The summed E-state index contributed by atoms with van der Waals surface area (Å²) in [7, 11) is 0. The molecule has 0 aliphatic heterocycles. The van der Waals surface area contributed by atoms with E-state index in [9.17, 15) is 15.0 Å². The molecule has 0 aliphatic carbocycles. The Morgan fingerprint density at radius 2 is 1.79 bits per heavy atom. The highest BCUT2D eigenvalue weighted by molar-refractivity contribution is 14.1. The van der Waals surface area contributed by atoms with Crippen LogP contribution in [-0.2, 0) is 0 Å². The number of phenols is 2. The topological polar surface area (TPSA) is 69.6 Å². The molecule has 0 heterocycles. The largest absolute Gasteiger partial charge is 0.507 e. The predicted molar refractivity (Wildman–Crippen MR) is 81.9 cm³/mol. The summed E-state index contributed by atoms with van der Waals surface area (Å²) in [6.45, 7) is 0. The van der Waals surface area contributed by atoms with Crippen LogP contribution in [0, 0.1) is 3.57 Å². The highest BCUT2D eigenvalue weighted by Crippen LogP contribution is 2.28. The average molecular weight is 390 g/mol. The second kappa shape index (κ2) is 5.66. The Hall–Kier alpha value is -1.47. The first-order chi connectivity index (χ1) is 8.99. The average Bonchev–Trinajstić information content (AvgIpc) is 2.32. The zero-order valence-electron chi connectivity index (χ0n) is 9.52. The van der Waals surface area contributed by atoms with Gasteiger partial charge in [0.25, 0.3) is 5.91 Å². The van der Waals surface area contributed by atoms with Gasteiger partial charge in [-0.15, -0.1) is 0 Å². The quantitative estimate of drug-likeness (QED) is 0.687. The Kier molecular flexibility index (Phi) is 4.16.